The molecule has 9 aliphatic rings. The van der Waals surface area contributed by atoms with E-state index in [9.17, 15) is 20.4 Å². The monoisotopic (exact) mass is 616 g/mol. The van der Waals surface area contributed by atoms with Gasteiger partial charge in [0, 0.05) is 6.42 Å². The molecule has 4 heterocycles. The Kier molecular flexibility index (Phi) is 5.70. The topological polar surface area (TPSA) is 130 Å². The first-order valence-corrected chi connectivity index (χ1v) is 17.3. The molecular formula is C35H52O9. The Morgan fingerprint density at radius 1 is 0.909 bits per heavy atom. The normalized spacial score (nSPS) is 64.6. The van der Waals surface area contributed by atoms with Gasteiger partial charge < -0.3 is 44.1 Å². The minimum atomic E-state index is -1.26. The summed E-state index contributed by atoms with van der Waals surface area (Å²) in [4.78, 5) is 0. The van der Waals surface area contributed by atoms with E-state index in [1.54, 1.807) is 5.57 Å². The molecule has 0 amide bonds. The number of ether oxygens (including phenoxy) is 5. The molecule has 9 rings (SSSR count). The molecule has 44 heavy (non-hydrogen) atoms. The Labute approximate surface area is 260 Å². The third-order valence-electron chi connectivity index (χ3n) is 15.8. The lowest BCUT2D eigenvalue weighted by Gasteiger charge is -2.60. The molecule has 9 heteroatoms. The number of aliphatic hydroxyl groups excluding tert-OH is 4. The van der Waals surface area contributed by atoms with Gasteiger partial charge in [-0.1, -0.05) is 46.3 Å². The second-order valence-corrected chi connectivity index (χ2v) is 17.8. The Morgan fingerprint density at radius 2 is 1.68 bits per heavy atom. The predicted molar refractivity (Wildman–Crippen MR) is 157 cm³/mol. The van der Waals surface area contributed by atoms with Gasteiger partial charge in [0.15, 0.2) is 12.6 Å². The van der Waals surface area contributed by atoms with Crippen LogP contribution in [0.3, 0.4) is 0 Å². The number of fused-ring (bicyclic) bond motifs is 6. The van der Waals surface area contributed by atoms with E-state index in [0.29, 0.717) is 17.8 Å². The van der Waals surface area contributed by atoms with Gasteiger partial charge in [-0.3, -0.25) is 0 Å². The highest BCUT2D eigenvalue weighted by atomic mass is 16.8. The average molecular weight is 617 g/mol. The second kappa shape index (κ2) is 8.50. The first-order valence-electron chi connectivity index (χ1n) is 17.3. The molecular weight excluding hydrogens is 564 g/mol. The first kappa shape index (κ1) is 29.5. The van der Waals surface area contributed by atoms with Gasteiger partial charge in [0.2, 0.25) is 5.79 Å². The van der Waals surface area contributed by atoms with E-state index < -0.39 is 42.3 Å². The van der Waals surface area contributed by atoms with Crippen LogP contribution in [0, 0.1) is 44.8 Å². The number of aliphatic hydroxyl groups is 4. The van der Waals surface area contributed by atoms with Crippen molar-refractivity contribution in [2.75, 3.05) is 6.61 Å². The van der Waals surface area contributed by atoms with Crippen molar-refractivity contribution in [2.45, 2.75) is 154 Å². The quantitative estimate of drug-likeness (QED) is 0.272. The van der Waals surface area contributed by atoms with Crippen LogP contribution in [0.5, 0.6) is 0 Å². The van der Waals surface area contributed by atoms with E-state index in [-0.39, 0.29) is 52.0 Å². The number of rotatable bonds is 2. The zero-order chi connectivity index (χ0) is 31.0. The van der Waals surface area contributed by atoms with Crippen molar-refractivity contribution in [1.29, 1.82) is 0 Å². The van der Waals surface area contributed by atoms with Gasteiger partial charge >= 0.3 is 0 Å². The summed E-state index contributed by atoms with van der Waals surface area (Å²) in [5.74, 6) is 0.460. The van der Waals surface area contributed by atoms with Crippen molar-refractivity contribution in [3.63, 3.8) is 0 Å². The van der Waals surface area contributed by atoms with Crippen LogP contribution in [-0.2, 0) is 23.7 Å². The van der Waals surface area contributed by atoms with Gasteiger partial charge in [0.05, 0.1) is 18.8 Å². The van der Waals surface area contributed by atoms with E-state index >= 15 is 0 Å². The third kappa shape index (κ3) is 3.19. The van der Waals surface area contributed by atoms with Gasteiger partial charge in [0.25, 0.3) is 0 Å². The van der Waals surface area contributed by atoms with Gasteiger partial charge in [-0.2, -0.15) is 0 Å². The summed E-state index contributed by atoms with van der Waals surface area (Å²) in [6.07, 6.45) is 5.31. The molecule has 17 atom stereocenters. The smallest absolute Gasteiger partial charge is 0.201 e. The van der Waals surface area contributed by atoms with Gasteiger partial charge in [-0.25, -0.2) is 0 Å². The molecule has 4 saturated carbocycles. The SMILES string of the molecule is CC1CC2(OC3C[C@@]4(C)C5=CC[C@H]6C(C)(C)C(O[C@@H]7OC[C@@H](O)[C@H](O)[C@H]7O)CC[C@@]67C[C@@]57CC[C@]4(C)C13)OC(O)C1(C)OC21. The highest BCUT2D eigenvalue weighted by Crippen LogP contribution is 2.88. The second-order valence-electron chi connectivity index (χ2n) is 17.8. The molecule has 4 aliphatic heterocycles. The number of allylic oxidation sites excluding steroid dienone is 2. The molecule has 4 N–H and O–H groups in total. The summed E-state index contributed by atoms with van der Waals surface area (Å²) in [5.41, 5.74) is 1.56. The van der Waals surface area contributed by atoms with Crippen LogP contribution in [0.2, 0.25) is 0 Å². The Morgan fingerprint density at radius 3 is 2.39 bits per heavy atom. The van der Waals surface area contributed by atoms with Crippen molar-refractivity contribution < 1.29 is 44.1 Å². The largest absolute Gasteiger partial charge is 0.388 e. The highest BCUT2D eigenvalue weighted by molar-refractivity contribution is 5.46. The zero-order valence-electron chi connectivity index (χ0n) is 27.1. The summed E-state index contributed by atoms with van der Waals surface area (Å²) >= 11 is 0. The van der Waals surface area contributed by atoms with Crippen molar-refractivity contribution in [3.05, 3.63) is 11.6 Å². The highest BCUT2D eigenvalue weighted by Gasteiger charge is 2.83. The summed E-state index contributed by atoms with van der Waals surface area (Å²) in [6.45, 7) is 14.0. The fourth-order valence-electron chi connectivity index (χ4n) is 13.4. The Hall–Kier alpha value is -0.620. The maximum Gasteiger partial charge on any atom is 0.201 e. The van der Waals surface area contributed by atoms with E-state index in [2.05, 4.69) is 40.7 Å². The van der Waals surface area contributed by atoms with Crippen LogP contribution >= 0.6 is 0 Å². The van der Waals surface area contributed by atoms with Crippen molar-refractivity contribution in [3.8, 4) is 0 Å². The molecule has 3 spiro atoms. The number of hydrogen-bond donors (Lipinski definition) is 4. The molecule has 0 aromatic heterocycles. The molecule has 0 aromatic carbocycles. The molecule has 246 valence electrons. The van der Waals surface area contributed by atoms with Gasteiger partial charge in [-0.05, 0) is 96.7 Å². The van der Waals surface area contributed by atoms with E-state index in [4.69, 9.17) is 23.7 Å². The minimum Gasteiger partial charge on any atom is -0.388 e. The van der Waals surface area contributed by atoms with Crippen molar-refractivity contribution in [2.24, 2.45) is 44.8 Å². The van der Waals surface area contributed by atoms with Crippen LogP contribution in [-0.4, -0.2) is 87.6 Å². The minimum absolute atomic E-state index is 0.0360. The molecule has 9 nitrogen and oxygen atoms in total. The lowest BCUT2D eigenvalue weighted by atomic mass is 9.45. The molecule has 8 unspecified atom stereocenters. The maximum atomic E-state index is 10.7. The van der Waals surface area contributed by atoms with Crippen LogP contribution < -0.4 is 0 Å². The van der Waals surface area contributed by atoms with Crippen molar-refractivity contribution >= 4 is 0 Å². The van der Waals surface area contributed by atoms with Gasteiger partial charge in [0.1, 0.15) is 30.0 Å². The van der Waals surface area contributed by atoms with Crippen LogP contribution in [0.25, 0.3) is 0 Å². The third-order valence-corrected chi connectivity index (χ3v) is 15.8. The standard InChI is InChI=1S/C35H52O9/c1-17-13-35(27-32(6,43-27)28(39)44-35)42-19-14-31(5)21-8-7-20-29(2,3)22(41-26-25(38)24(37)18(36)15-40-26)9-10-33(20)16-34(21,33)12-11-30(31,4)23(17)19/h8,17-20,22-28,36-39H,7,9-16H2,1-6H3/t17?,18-,19?,20+,22?,23?,24+,25-,26+,27?,28?,30-,31+,32?,33-,34+,35?/m1/s1. The summed E-state index contributed by atoms with van der Waals surface area (Å²) in [7, 11) is 0. The lowest BCUT2D eigenvalue weighted by Crippen LogP contribution is -2.58. The van der Waals surface area contributed by atoms with Crippen LogP contribution in [0.15, 0.2) is 11.6 Å². The Balaban J connectivity index is 1.00. The first-order chi connectivity index (χ1) is 20.6. The Bertz CT molecular complexity index is 1300. The van der Waals surface area contributed by atoms with Crippen molar-refractivity contribution in [1.82, 2.24) is 0 Å². The average Bonchev–Trinajstić information content (AvgIpc) is 3.80. The van der Waals surface area contributed by atoms with Gasteiger partial charge in [-0.15, -0.1) is 0 Å². The summed E-state index contributed by atoms with van der Waals surface area (Å²) in [5, 5.41) is 41.4. The molecule has 4 saturated heterocycles. The molecule has 0 radical (unpaired) electrons. The predicted octanol–water partition coefficient (Wildman–Crippen LogP) is 3.41. The van der Waals surface area contributed by atoms with Crippen LogP contribution in [0.1, 0.15) is 92.9 Å². The number of hydrogen-bond acceptors (Lipinski definition) is 9. The van der Waals surface area contributed by atoms with E-state index in [1.165, 1.54) is 19.3 Å². The fourth-order valence-corrected chi connectivity index (χ4v) is 13.4. The maximum absolute atomic E-state index is 10.7. The van der Waals surface area contributed by atoms with Crippen LogP contribution in [0.4, 0.5) is 0 Å². The summed E-state index contributed by atoms with van der Waals surface area (Å²) in [6, 6.07) is 0. The fraction of sp³-hybridized carbons (Fsp3) is 0.943. The molecule has 0 bridgehead atoms. The molecule has 8 fully saturated rings. The summed E-state index contributed by atoms with van der Waals surface area (Å²) < 4.78 is 31.3. The molecule has 5 aliphatic carbocycles. The zero-order valence-corrected chi connectivity index (χ0v) is 27.1. The number of epoxide rings is 1. The van der Waals surface area contributed by atoms with E-state index in [1.807, 2.05) is 6.92 Å². The van der Waals surface area contributed by atoms with E-state index in [0.717, 1.165) is 32.1 Å². The lowest BCUT2D eigenvalue weighted by molar-refractivity contribution is -0.344. The molecule has 0 aromatic rings.